The molecular formula is C14H20N6O3. The largest absolute Gasteiger partial charge is 0.390 e. The van der Waals surface area contributed by atoms with Crippen LogP contribution in [-0.2, 0) is 11.3 Å². The van der Waals surface area contributed by atoms with Gasteiger partial charge in [0.1, 0.15) is 6.04 Å². The van der Waals surface area contributed by atoms with E-state index in [0.717, 1.165) is 18.7 Å². The minimum Gasteiger partial charge on any atom is -0.358 e. The monoisotopic (exact) mass is 320 g/mol. The van der Waals surface area contributed by atoms with Crippen LogP contribution < -0.4 is 5.32 Å². The van der Waals surface area contributed by atoms with Crippen molar-refractivity contribution in [1.82, 2.24) is 24.9 Å². The second-order valence-electron chi connectivity index (χ2n) is 5.39. The summed E-state index contributed by atoms with van der Waals surface area (Å²) in [5, 5.41) is 21.7. The first-order valence-corrected chi connectivity index (χ1v) is 7.37. The van der Waals surface area contributed by atoms with E-state index < -0.39 is 11.0 Å². The Kier molecular flexibility index (Phi) is 5.09. The fraction of sp³-hybridized carbons (Fsp3) is 0.500. The zero-order chi connectivity index (χ0) is 17.0. The highest BCUT2D eigenvalue weighted by Crippen LogP contribution is 2.16. The molecule has 0 aliphatic heterocycles. The first-order chi connectivity index (χ1) is 10.9. The molecule has 2 aromatic rings. The molecule has 1 unspecified atom stereocenters. The topological polar surface area (TPSA) is 108 Å². The van der Waals surface area contributed by atoms with Crippen LogP contribution in [0.5, 0.6) is 0 Å². The zero-order valence-electron chi connectivity index (χ0n) is 13.4. The number of nitro groups is 1. The van der Waals surface area contributed by atoms with Crippen LogP contribution in [0, 0.1) is 24.0 Å². The number of amides is 1. The average molecular weight is 320 g/mol. The van der Waals surface area contributed by atoms with Crippen molar-refractivity contribution < 1.29 is 9.72 Å². The Labute approximate surface area is 133 Å². The van der Waals surface area contributed by atoms with Gasteiger partial charge in [-0.2, -0.15) is 9.78 Å². The van der Waals surface area contributed by atoms with Gasteiger partial charge in [-0.25, -0.2) is 0 Å². The molecule has 9 nitrogen and oxygen atoms in total. The van der Waals surface area contributed by atoms with E-state index in [9.17, 15) is 14.9 Å². The Bertz CT molecular complexity index is 705. The van der Waals surface area contributed by atoms with Gasteiger partial charge >= 0.3 is 5.82 Å². The summed E-state index contributed by atoms with van der Waals surface area (Å²) in [4.78, 5) is 22.3. The lowest BCUT2D eigenvalue weighted by Crippen LogP contribution is -2.33. The third-order valence-electron chi connectivity index (χ3n) is 3.48. The molecule has 0 aliphatic rings. The Morgan fingerprint density at radius 3 is 2.74 bits per heavy atom. The van der Waals surface area contributed by atoms with Crippen molar-refractivity contribution >= 4 is 11.7 Å². The van der Waals surface area contributed by atoms with Gasteiger partial charge in [0.05, 0.1) is 22.6 Å². The molecule has 124 valence electrons. The van der Waals surface area contributed by atoms with Crippen LogP contribution in [0.15, 0.2) is 18.3 Å². The summed E-state index contributed by atoms with van der Waals surface area (Å²) in [7, 11) is 0. The van der Waals surface area contributed by atoms with E-state index >= 15 is 0 Å². The number of hydrogen-bond acceptors (Lipinski definition) is 5. The molecule has 0 saturated heterocycles. The van der Waals surface area contributed by atoms with Crippen molar-refractivity contribution in [3.8, 4) is 0 Å². The van der Waals surface area contributed by atoms with E-state index in [1.807, 2.05) is 23.9 Å². The molecule has 0 aliphatic carbocycles. The summed E-state index contributed by atoms with van der Waals surface area (Å²) in [5.74, 6) is -0.473. The van der Waals surface area contributed by atoms with Gasteiger partial charge in [-0.3, -0.25) is 9.48 Å². The Balaban J connectivity index is 1.84. The molecular weight excluding hydrogens is 300 g/mol. The molecule has 23 heavy (non-hydrogen) atoms. The molecule has 0 saturated carbocycles. The van der Waals surface area contributed by atoms with E-state index in [1.54, 1.807) is 13.8 Å². The number of carbonyl (C=O) groups excluding carboxylic acids is 1. The summed E-state index contributed by atoms with van der Waals surface area (Å²) in [5.41, 5.74) is 1.53. The number of hydrogen-bond donors (Lipinski definition) is 1. The van der Waals surface area contributed by atoms with E-state index in [4.69, 9.17) is 0 Å². The maximum absolute atomic E-state index is 12.1. The molecule has 2 heterocycles. The van der Waals surface area contributed by atoms with Gasteiger partial charge in [0, 0.05) is 19.3 Å². The molecule has 1 amide bonds. The first kappa shape index (κ1) is 16.7. The molecule has 9 heteroatoms. The number of nitrogens with zero attached hydrogens (tertiary/aromatic N) is 5. The minimum absolute atomic E-state index is 0.220. The number of carbonyl (C=O) groups is 1. The Hall–Kier alpha value is -2.71. The number of nitrogens with one attached hydrogen (secondary N) is 1. The predicted molar refractivity (Wildman–Crippen MR) is 82.9 cm³/mol. The molecule has 2 aromatic heterocycles. The van der Waals surface area contributed by atoms with E-state index in [0.29, 0.717) is 12.2 Å². The number of aromatic nitrogens is 4. The SMILES string of the molecule is Cc1ccn(CCCNC(=O)C(C)n2nc([N+](=O)[O-])cc2C)n1. The van der Waals surface area contributed by atoms with Crippen LogP contribution in [0.3, 0.4) is 0 Å². The van der Waals surface area contributed by atoms with Crippen LogP contribution in [0.2, 0.25) is 0 Å². The second kappa shape index (κ2) is 7.03. The van der Waals surface area contributed by atoms with Crippen LogP contribution >= 0.6 is 0 Å². The summed E-state index contributed by atoms with van der Waals surface area (Å²) < 4.78 is 3.19. The van der Waals surface area contributed by atoms with E-state index in [-0.39, 0.29) is 11.7 Å². The average Bonchev–Trinajstić information content (AvgIpc) is 3.08. The third-order valence-corrected chi connectivity index (χ3v) is 3.48. The normalized spacial score (nSPS) is 12.1. The zero-order valence-corrected chi connectivity index (χ0v) is 13.4. The first-order valence-electron chi connectivity index (χ1n) is 7.37. The van der Waals surface area contributed by atoms with Crippen molar-refractivity contribution in [2.24, 2.45) is 0 Å². The quantitative estimate of drug-likeness (QED) is 0.471. The Morgan fingerprint density at radius 2 is 2.17 bits per heavy atom. The van der Waals surface area contributed by atoms with Crippen molar-refractivity contribution in [1.29, 1.82) is 0 Å². The highest BCUT2D eigenvalue weighted by atomic mass is 16.6. The molecule has 2 rings (SSSR count). The summed E-state index contributed by atoms with van der Waals surface area (Å²) in [6.07, 6.45) is 2.64. The lowest BCUT2D eigenvalue weighted by molar-refractivity contribution is -0.389. The molecule has 0 fully saturated rings. The van der Waals surface area contributed by atoms with E-state index in [1.165, 1.54) is 10.7 Å². The summed E-state index contributed by atoms with van der Waals surface area (Å²) in [6.45, 7) is 6.49. The molecule has 0 radical (unpaired) electrons. The minimum atomic E-state index is -0.601. The van der Waals surface area contributed by atoms with Gasteiger partial charge in [-0.1, -0.05) is 0 Å². The molecule has 1 atom stereocenters. The van der Waals surface area contributed by atoms with Crippen molar-refractivity contribution in [2.45, 2.75) is 39.8 Å². The molecule has 0 aromatic carbocycles. The molecule has 0 bridgehead atoms. The van der Waals surface area contributed by atoms with Crippen LogP contribution in [0.25, 0.3) is 0 Å². The lowest BCUT2D eigenvalue weighted by atomic mass is 10.3. The lowest BCUT2D eigenvalue weighted by Gasteiger charge is -2.11. The predicted octanol–water partition coefficient (Wildman–Crippen LogP) is 1.37. The van der Waals surface area contributed by atoms with Crippen molar-refractivity contribution in [3.63, 3.8) is 0 Å². The van der Waals surface area contributed by atoms with Crippen LogP contribution in [0.1, 0.15) is 30.8 Å². The third kappa shape index (κ3) is 4.15. The summed E-state index contributed by atoms with van der Waals surface area (Å²) >= 11 is 0. The van der Waals surface area contributed by atoms with Gasteiger partial charge in [0.15, 0.2) is 0 Å². The van der Waals surface area contributed by atoms with Gasteiger partial charge < -0.3 is 15.4 Å². The van der Waals surface area contributed by atoms with Crippen LogP contribution in [0.4, 0.5) is 5.82 Å². The van der Waals surface area contributed by atoms with Gasteiger partial charge in [0.25, 0.3) is 0 Å². The molecule has 1 N–H and O–H groups in total. The fourth-order valence-corrected chi connectivity index (χ4v) is 2.25. The highest BCUT2D eigenvalue weighted by Gasteiger charge is 2.24. The van der Waals surface area contributed by atoms with Crippen LogP contribution in [-0.4, -0.2) is 36.9 Å². The van der Waals surface area contributed by atoms with Gasteiger partial charge in [0.2, 0.25) is 5.91 Å². The fourth-order valence-electron chi connectivity index (χ4n) is 2.25. The highest BCUT2D eigenvalue weighted by molar-refractivity contribution is 5.79. The van der Waals surface area contributed by atoms with Gasteiger partial charge in [-0.05, 0) is 38.2 Å². The maximum Gasteiger partial charge on any atom is 0.390 e. The summed E-state index contributed by atoms with van der Waals surface area (Å²) in [6, 6.07) is 2.67. The van der Waals surface area contributed by atoms with Gasteiger partial charge in [-0.15, -0.1) is 0 Å². The second-order valence-corrected chi connectivity index (χ2v) is 5.39. The smallest absolute Gasteiger partial charge is 0.358 e. The molecule has 0 spiro atoms. The van der Waals surface area contributed by atoms with Crippen molar-refractivity contribution in [3.05, 3.63) is 39.8 Å². The number of rotatable bonds is 7. The standard InChI is InChI=1S/C14H20N6O3/c1-10-5-8-18(16-10)7-4-6-15-14(21)12(3)19-11(2)9-13(17-19)20(22)23/h5,8-9,12H,4,6-7H2,1-3H3,(H,15,21). The van der Waals surface area contributed by atoms with E-state index in [2.05, 4.69) is 15.5 Å². The Morgan fingerprint density at radius 1 is 1.43 bits per heavy atom. The maximum atomic E-state index is 12.1. The van der Waals surface area contributed by atoms with Crippen molar-refractivity contribution in [2.75, 3.05) is 6.54 Å². The number of aryl methyl sites for hydroxylation is 3.